The summed E-state index contributed by atoms with van der Waals surface area (Å²) < 4.78 is 46.3. The zero-order valence-corrected chi connectivity index (χ0v) is 69.6. The number of aliphatic hydroxyl groups is 6. The molecule has 125 heavy (non-hydrogen) atoms. The van der Waals surface area contributed by atoms with Crippen LogP contribution in [0.4, 0.5) is 5.82 Å². The third-order valence-electron chi connectivity index (χ3n) is 21.8. The number of fused-ring (bicyclic) bond motifs is 15. The number of carboxylic acids is 1. The molecule has 7 aromatic rings. The van der Waals surface area contributed by atoms with Crippen molar-refractivity contribution in [1.82, 2.24) is 52.1 Å². The molecule has 0 spiro atoms. The number of phenolic OH excluding ortho intramolecular Hbond substituents is 3. The third-order valence-corrected chi connectivity index (χ3v) is 22.4. The molecule has 11 bridgehead atoms. The van der Waals surface area contributed by atoms with E-state index in [4.69, 9.17) is 62.1 Å². The second-order valence-corrected chi connectivity index (χ2v) is 32.2. The molecule has 0 radical (unpaired) electrons. The molecule has 39 nitrogen and oxygen atoms in total. The Balaban J connectivity index is 0.969. The Bertz CT molecular complexity index is 5300. The number of hydrogen-bond acceptors (Lipinski definition) is 29. The number of halogens is 2. The van der Waals surface area contributed by atoms with E-state index in [1.807, 2.05) is 20.8 Å². The number of primary amides is 1. The van der Waals surface area contributed by atoms with Gasteiger partial charge in [0, 0.05) is 54.0 Å². The summed E-state index contributed by atoms with van der Waals surface area (Å²) in [6.45, 7) is 8.23. The minimum Gasteiger partial charge on any atom is -0.508 e. The molecule has 21 N–H and O–H groups in total. The number of hydrogen-bond donors (Lipinski definition) is 20. The number of nitrogens with two attached hydrogens (primary N) is 1. The van der Waals surface area contributed by atoms with Crippen molar-refractivity contribution >= 4 is 82.2 Å². The lowest BCUT2D eigenvalue weighted by atomic mass is 9.85. The highest BCUT2D eigenvalue weighted by Gasteiger charge is 2.52. The molecule has 7 aliphatic rings. The number of nitrogens with zero attached hydrogens (tertiary/aromatic N) is 2. The van der Waals surface area contributed by atoms with E-state index in [0.717, 1.165) is 79.6 Å². The average molecular weight is 1780 g/mol. The van der Waals surface area contributed by atoms with E-state index in [0.29, 0.717) is 17.9 Å². The highest BCUT2D eigenvalue weighted by atomic mass is 35.5. The number of aromatic hydroxyl groups is 3. The molecular weight excluding hydrogens is 1680 g/mol. The normalized spacial score (nSPS) is 25.9. The van der Waals surface area contributed by atoms with Gasteiger partial charge >= 0.3 is 11.7 Å². The quantitative estimate of drug-likeness (QED) is 0.0386. The zero-order chi connectivity index (χ0) is 90.3. The van der Waals surface area contributed by atoms with Crippen LogP contribution >= 0.6 is 23.2 Å². The Morgan fingerprint density at radius 2 is 1.38 bits per heavy atom. The molecule has 7 aliphatic heterocycles. The van der Waals surface area contributed by atoms with Gasteiger partial charge in [0.05, 0.1) is 54.4 Å². The fraction of sp³-hybridized carbons (Fsp3) is 0.417. The van der Waals surface area contributed by atoms with Gasteiger partial charge < -0.3 is 138 Å². The van der Waals surface area contributed by atoms with Gasteiger partial charge in [0.1, 0.15) is 101 Å². The van der Waals surface area contributed by atoms with Crippen molar-refractivity contribution in [3.05, 3.63) is 169 Å². The lowest BCUT2D eigenvalue weighted by molar-refractivity contribution is -0.334. The molecule has 0 aliphatic carbocycles. The summed E-state index contributed by atoms with van der Waals surface area (Å²) in [6, 6.07) is 7.40. The van der Waals surface area contributed by atoms with Gasteiger partial charge in [0.2, 0.25) is 59.3 Å². The predicted molar refractivity (Wildman–Crippen MR) is 441 cm³/mol. The molecule has 0 saturated carbocycles. The number of nitrogens with one attached hydrogen (secondary N) is 9. The van der Waals surface area contributed by atoms with Gasteiger partial charge in [-0.25, -0.2) is 9.59 Å². The van der Waals surface area contributed by atoms with E-state index < -0.39 is 254 Å². The van der Waals surface area contributed by atoms with Crippen molar-refractivity contribution < 1.29 is 127 Å². The molecular formula is C84H96Cl2N12O27. The Morgan fingerprint density at radius 1 is 0.728 bits per heavy atom. The SMILES string of the molecule is CCCCOc1ccc(CC(=O)Nc2ccn(CCNC3(C)C[C@H](O[C@H]4C(Oc5c6cc7cc5Oc5ccc(cc5Cl)[C@@H](O)[C@H]5NC(=O)[C@@H](NC(=O)C7NC(=O)[C@H](CC(N)=O)NC(=O)[C@H](NC(=O)[C@H](CC(C)C)NC)[C@H](O)c7ccc(c(Cl)c7)O6)c6ccc(O)c(c6)-c6c(O)cc(O)cc6[C@H](C(=O)O)NC5=O)O[C@@H](CO)[C@@H](O)[C@H]4O)O[C@H](C)[C@@H]3O)c(=O)n2)cc1. The summed E-state index contributed by atoms with van der Waals surface area (Å²) in [5.74, 6) is -16.2. The van der Waals surface area contributed by atoms with Gasteiger partial charge in [-0.05, 0) is 140 Å². The van der Waals surface area contributed by atoms with E-state index in [-0.39, 0.29) is 66.5 Å². The van der Waals surface area contributed by atoms with Crippen molar-refractivity contribution in [3.8, 4) is 62.9 Å². The van der Waals surface area contributed by atoms with E-state index in [1.165, 1.54) is 42.9 Å². The molecule has 6 aromatic carbocycles. The molecule has 3 unspecified atom stereocenters. The standard InChI is InChI=1S/C84H96Cl2N12O27/c1-7-8-23-119-44-14-9-38(10-15-44)25-60(104)91-59-19-21-98(83(118)92-59)22-20-89-84(5)34-61(120-37(4)74(84)109)124-73-71(108)70(107)57(35-99)123-82(73)125-72-55-29-42-30-56(72)122-54-18-13-41(28-48(54)86)69(106)67-80(115)95-65(81(116)117)46-31-43(100)32-52(102)62(46)45-26-39(11-16-51(45)101)63(77(112)97-67)94-78(113)64(42)93-76(111)50(33-58(87)103)90-79(114)66(96-75(110)49(88-6)24-36(2)3)68(105)40-12-17-53(121-55)47(85)27-40/h9-19,21,26-32,36-37,49-50,57,61,63-71,73-74,82,88-89,99-102,105-109H,7-8,20,22-25,33-35H2,1-6H3,(H2,87,103)(H,90,114)(H,93,111)(H,94,113)(H,95,115)(H,96,110)(H,97,112)(H,116,117)(H,91,92,104,118)/t37-,49+,50+,57+,61+,63+,64?,65-,66-,67-,68-,69-,70-,71-,73-,74+,82?,84?/m1/s1. The number of unbranched alkanes of at least 4 members (excludes halogenated alkanes) is 1. The number of aromatic nitrogens is 2. The first-order chi connectivity index (χ1) is 59.4. The molecule has 41 heteroatoms. The Labute approximate surface area is 723 Å². The number of ether oxygens (including phenoxy) is 7. The molecule has 2 fully saturated rings. The Kier molecular flexibility index (Phi) is 29.2. The van der Waals surface area contributed by atoms with Crippen LogP contribution in [0.2, 0.25) is 10.0 Å². The van der Waals surface area contributed by atoms with Crippen LogP contribution in [-0.4, -0.2) is 220 Å². The lowest BCUT2D eigenvalue weighted by Crippen LogP contribution is -2.65. The molecule has 8 amide bonds. The summed E-state index contributed by atoms with van der Waals surface area (Å²) >= 11 is 14.3. The zero-order valence-electron chi connectivity index (χ0n) is 68.1. The van der Waals surface area contributed by atoms with Crippen LogP contribution in [0.1, 0.15) is 130 Å². The Morgan fingerprint density at radius 3 is 2.00 bits per heavy atom. The number of phenols is 3. The number of carboxylic acid groups (broad SMARTS) is 1. The number of anilines is 1. The van der Waals surface area contributed by atoms with E-state index in [2.05, 4.69) is 52.8 Å². The maximum atomic E-state index is 16.2. The highest BCUT2D eigenvalue weighted by molar-refractivity contribution is 6.32. The van der Waals surface area contributed by atoms with Crippen LogP contribution in [0.3, 0.4) is 0 Å². The van der Waals surface area contributed by atoms with Crippen LogP contribution < -0.4 is 78.2 Å². The molecule has 2 saturated heterocycles. The van der Waals surface area contributed by atoms with Gasteiger partial charge in [-0.3, -0.25) is 42.9 Å². The monoisotopic (exact) mass is 1770 g/mol. The van der Waals surface area contributed by atoms with Crippen molar-refractivity contribution in [2.24, 2.45) is 11.7 Å². The van der Waals surface area contributed by atoms with Gasteiger partial charge in [0.25, 0.3) is 0 Å². The maximum absolute atomic E-state index is 16.2. The van der Waals surface area contributed by atoms with Gasteiger partial charge in [-0.1, -0.05) is 80.7 Å². The molecule has 668 valence electrons. The van der Waals surface area contributed by atoms with Gasteiger partial charge in [-0.15, -0.1) is 0 Å². The second kappa shape index (κ2) is 39.6. The lowest BCUT2D eigenvalue weighted by Gasteiger charge is -2.48. The second-order valence-electron chi connectivity index (χ2n) is 31.4. The molecule has 1 aromatic heterocycles. The minimum atomic E-state index is -2.40. The number of aliphatic carboxylic acids is 1. The summed E-state index contributed by atoms with van der Waals surface area (Å²) in [5.41, 5.74) is 1.34. The minimum absolute atomic E-state index is 0.0116. The van der Waals surface area contributed by atoms with E-state index >= 15 is 14.4 Å². The van der Waals surface area contributed by atoms with Crippen LogP contribution in [-0.2, 0) is 70.3 Å². The number of benzene rings is 6. The van der Waals surface area contributed by atoms with Crippen molar-refractivity contribution in [1.29, 1.82) is 0 Å². The fourth-order valence-electron chi connectivity index (χ4n) is 15.2. The van der Waals surface area contributed by atoms with Crippen LogP contribution in [0, 0.1) is 5.92 Å². The highest BCUT2D eigenvalue weighted by Crippen LogP contribution is 2.50. The number of carbonyl (C=O) groups is 9. The smallest absolute Gasteiger partial charge is 0.349 e. The topological polar surface area (TPSA) is 590 Å². The van der Waals surface area contributed by atoms with Crippen molar-refractivity contribution in [3.63, 3.8) is 0 Å². The predicted octanol–water partition coefficient (Wildman–Crippen LogP) is 2.35. The van der Waals surface area contributed by atoms with E-state index in [9.17, 15) is 84.6 Å². The molecule has 14 rings (SSSR count). The largest absolute Gasteiger partial charge is 0.508 e. The summed E-state index contributed by atoms with van der Waals surface area (Å²) in [7, 11) is 1.47. The van der Waals surface area contributed by atoms with Crippen molar-refractivity contribution in [2.45, 2.75) is 189 Å². The molecule has 18 atom stereocenters. The van der Waals surface area contributed by atoms with Crippen molar-refractivity contribution in [2.75, 3.05) is 32.1 Å². The fourth-order valence-corrected chi connectivity index (χ4v) is 15.6. The number of carbonyl (C=O) groups excluding carboxylic acids is 8. The summed E-state index contributed by atoms with van der Waals surface area (Å²) in [5, 5.41) is 139. The summed E-state index contributed by atoms with van der Waals surface area (Å²) in [6.07, 6.45) is -16.3. The first-order valence-electron chi connectivity index (χ1n) is 39.9. The number of aliphatic hydroxyl groups excluding tert-OH is 6. The Hall–Kier alpha value is -11.8. The summed E-state index contributed by atoms with van der Waals surface area (Å²) in [4.78, 5) is 149. The van der Waals surface area contributed by atoms with Crippen LogP contribution in [0.25, 0.3) is 11.1 Å². The number of amides is 8. The first-order valence-corrected chi connectivity index (χ1v) is 40.7. The maximum Gasteiger partial charge on any atom is 0.349 e. The average Bonchev–Trinajstić information content (AvgIpc) is 0.764. The third kappa shape index (κ3) is 21.2. The number of rotatable bonds is 24. The first kappa shape index (κ1) is 92.4. The number of likely N-dealkylation sites (N-methyl/N-ethyl adjacent to an activating group) is 1. The molecule has 8 heterocycles. The van der Waals surface area contributed by atoms with E-state index in [1.54, 1.807) is 31.2 Å². The van der Waals surface area contributed by atoms with Gasteiger partial charge in [0.15, 0.2) is 29.9 Å². The van der Waals surface area contributed by atoms with Crippen LogP contribution in [0.15, 0.2) is 120 Å². The van der Waals surface area contributed by atoms with Gasteiger partial charge in [-0.2, -0.15) is 4.98 Å². The van der Waals surface area contributed by atoms with Crippen LogP contribution in [0.5, 0.6) is 51.7 Å².